The summed E-state index contributed by atoms with van der Waals surface area (Å²) in [7, 11) is -4.26. The minimum atomic E-state index is -3.60. The van der Waals surface area contributed by atoms with Crippen molar-refractivity contribution in [3.8, 4) is 0 Å². The van der Waals surface area contributed by atoms with E-state index in [1.807, 2.05) is 0 Å². The highest BCUT2D eigenvalue weighted by atomic mass is 32.2. The lowest BCUT2D eigenvalue weighted by atomic mass is 10.1. The molecule has 0 bridgehead atoms. The quantitative estimate of drug-likeness (QED) is 0.688. The van der Waals surface area contributed by atoms with E-state index in [1.54, 1.807) is 17.0 Å². The molecule has 0 saturated heterocycles. The third kappa shape index (κ3) is 4.32. The van der Waals surface area contributed by atoms with Crippen LogP contribution in [0.25, 0.3) is 0 Å². The van der Waals surface area contributed by atoms with Crippen LogP contribution in [0.5, 0.6) is 0 Å². The Bertz CT molecular complexity index is 1230. The SMILES string of the molecule is CN(C)S(=O)(=O)c1ccc(C(=O)N2CCc3cc(S(=O)(=O)NC4CCCC4)ccc32)cc1. The molecule has 8 nitrogen and oxygen atoms in total. The molecule has 2 aromatic carbocycles. The fraction of sp³-hybridized carbons (Fsp3) is 0.409. The van der Waals surface area contributed by atoms with E-state index >= 15 is 0 Å². The van der Waals surface area contributed by atoms with Crippen LogP contribution >= 0.6 is 0 Å². The van der Waals surface area contributed by atoms with Crippen molar-refractivity contribution in [2.75, 3.05) is 25.5 Å². The van der Waals surface area contributed by atoms with Crippen LogP contribution in [0.3, 0.4) is 0 Å². The van der Waals surface area contributed by atoms with Gasteiger partial charge in [0, 0.05) is 37.9 Å². The number of carbonyl (C=O) groups is 1. The van der Waals surface area contributed by atoms with Gasteiger partial charge in [0.05, 0.1) is 9.79 Å². The molecule has 0 aromatic heterocycles. The molecular formula is C22H27N3O5S2. The molecule has 172 valence electrons. The van der Waals surface area contributed by atoms with Gasteiger partial charge in [-0.15, -0.1) is 0 Å². The number of benzene rings is 2. The zero-order valence-electron chi connectivity index (χ0n) is 18.1. The van der Waals surface area contributed by atoms with E-state index in [1.165, 1.54) is 44.4 Å². The molecule has 2 aromatic rings. The van der Waals surface area contributed by atoms with Gasteiger partial charge in [0.25, 0.3) is 5.91 Å². The molecule has 0 atom stereocenters. The Morgan fingerprint density at radius 3 is 2.22 bits per heavy atom. The number of hydrogen-bond donors (Lipinski definition) is 1. The Hall–Kier alpha value is -2.27. The fourth-order valence-electron chi connectivity index (χ4n) is 4.22. The Labute approximate surface area is 189 Å². The zero-order valence-corrected chi connectivity index (χ0v) is 19.7. The number of nitrogens with one attached hydrogen (secondary N) is 1. The predicted octanol–water partition coefficient (Wildman–Crippen LogP) is 2.36. The van der Waals surface area contributed by atoms with Gasteiger partial charge in [-0.1, -0.05) is 12.8 Å². The predicted molar refractivity (Wildman–Crippen MR) is 122 cm³/mol. The monoisotopic (exact) mass is 477 g/mol. The van der Waals surface area contributed by atoms with Gasteiger partial charge in [0.1, 0.15) is 0 Å². The average Bonchev–Trinajstić information content (AvgIpc) is 3.42. The third-order valence-corrected chi connectivity index (χ3v) is 9.41. The molecule has 1 saturated carbocycles. The largest absolute Gasteiger partial charge is 0.308 e. The van der Waals surface area contributed by atoms with Gasteiger partial charge in [-0.25, -0.2) is 25.9 Å². The summed E-state index contributed by atoms with van der Waals surface area (Å²) in [5.74, 6) is -0.253. The number of nitrogens with zero attached hydrogens (tertiary/aromatic N) is 2. The molecular weight excluding hydrogens is 450 g/mol. The standard InChI is InChI=1S/C22H27N3O5S2/c1-24(2)32(29,30)19-9-7-16(8-10-19)22(26)25-14-13-17-15-20(11-12-21(17)25)31(27,28)23-18-5-3-4-6-18/h7-12,15,18,23H,3-6,13-14H2,1-2H3. The van der Waals surface area contributed by atoms with Crippen LogP contribution in [0.4, 0.5) is 5.69 Å². The maximum atomic E-state index is 13.1. The molecule has 2 aliphatic rings. The second-order valence-electron chi connectivity index (χ2n) is 8.41. The first-order valence-corrected chi connectivity index (χ1v) is 13.5. The third-order valence-electron chi connectivity index (χ3n) is 6.06. The summed E-state index contributed by atoms with van der Waals surface area (Å²) in [6.45, 7) is 0.436. The van der Waals surface area contributed by atoms with Crippen molar-refractivity contribution in [2.45, 2.75) is 47.9 Å². The fourth-order valence-corrected chi connectivity index (χ4v) is 6.48. The van der Waals surface area contributed by atoms with Gasteiger partial charge in [-0.05, 0) is 67.3 Å². The number of amides is 1. The van der Waals surface area contributed by atoms with E-state index in [2.05, 4.69) is 4.72 Å². The molecule has 1 aliphatic carbocycles. The first-order valence-electron chi connectivity index (χ1n) is 10.6. The topological polar surface area (TPSA) is 104 Å². The van der Waals surface area contributed by atoms with Crippen LogP contribution in [-0.4, -0.2) is 53.7 Å². The van der Waals surface area contributed by atoms with Crippen LogP contribution in [0.1, 0.15) is 41.6 Å². The Morgan fingerprint density at radius 1 is 0.969 bits per heavy atom. The van der Waals surface area contributed by atoms with E-state index < -0.39 is 20.0 Å². The molecule has 0 spiro atoms. The lowest BCUT2D eigenvalue weighted by molar-refractivity contribution is 0.0989. The van der Waals surface area contributed by atoms with Gasteiger partial charge in [0.15, 0.2) is 0 Å². The highest BCUT2D eigenvalue weighted by Gasteiger charge is 2.29. The van der Waals surface area contributed by atoms with Crippen molar-refractivity contribution in [1.29, 1.82) is 0 Å². The number of sulfonamides is 2. The van der Waals surface area contributed by atoms with Crippen LogP contribution in [-0.2, 0) is 26.5 Å². The number of rotatable bonds is 6. The number of carbonyl (C=O) groups excluding carboxylic acids is 1. The second-order valence-corrected chi connectivity index (χ2v) is 12.3. The lowest BCUT2D eigenvalue weighted by Gasteiger charge is -2.18. The normalized spacial score (nSPS) is 17.2. The van der Waals surface area contributed by atoms with Crippen molar-refractivity contribution in [3.63, 3.8) is 0 Å². The number of hydrogen-bond acceptors (Lipinski definition) is 5. The lowest BCUT2D eigenvalue weighted by Crippen LogP contribution is -2.32. The Kier molecular flexibility index (Phi) is 6.15. The summed E-state index contributed by atoms with van der Waals surface area (Å²) in [6.07, 6.45) is 4.36. The van der Waals surface area contributed by atoms with Crippen LogP contribution < -0.4 is 9.62 Å². The maximum Gasteiger partial charge on any atom is 0.258 e. The summed E-state index contributed by atoms with van der Waals surface area (Å²) < 4.78 is 53.9. The molecule has 1 fully saturated rings. The highest BCUT2D eigenvalue weighted by Crippen LogP contribution is 2.32. The van der Waals surface area contributed by atoms with Crippen molar-refractivity contribution < 1.29 is 21.6 Å². The molecule has 32 heavy (non-hydrogen) atoms. The minimum absolute atomic E-state index is 0.00869. The van der Waals surface area contributed by atoms with E-state index in [4.69, 9.17) is 0 Å². The van der Waals surface area contributed by atoms with E-state index in [9.17, 15) is 21.6 Å². The van der Waals surface area contributed by atoms with Crippen LogP contribution in [0, 0.1) is 0 Å². The Balaban J connectivity index is 1.54. The van der Waals surface area contributed by atoms with E-state index in [0.29, 0.717) is 24.2 Å². The van der Waals surface area contributed by atoms with E-state index in [0.717, 1.165) is 35.6 Å². The van der Waals surface area contributed by atoms with E-state index in [-0.39, 0.29) is 21.7 Å². The summed E-state index contributed by atoms with van der Waals surface area (Å²) in [4.78, 5) is 15.0. The molecule has 1 heterocycles. The van der Waals surface area contributed by atoms with Gasteiger partial charge >= 0.3 is 0 Å². The molecule has 1 amide bonds. The Morgan fingerprint density at radius 2 is 1.59 bits per heavy atom. The average molecular weight is 478 g/mol. The minimum Gasteiger partial charge on any atom is -0.308 e. The molecule has 10 heteroatoms. The smallest absolute Gasteiger partial charge is 0.258 e. The van der Waals surface area contributed by atoms with Crippen LogP contribution in [0.15, 0.2) is 52.3 Å². The zero-order chi connectivity index (χ0) is 23.1. The second kappa shape index (κ2) is 8.58. The first-order chi connectivity index (χ1) is 15.1. The summed E-state index contributed by atoms with van der Waals surface area (Å²) >= 11 is 0. The first kappa shape index (κ1) is 22.9. The van der Waals surface area contributed by atoms with Gasteiger partial charge in [-0.3, -0.25) is 4.79 Å². The molecule has 4 rings (SSSR count). The summed E-state index contributed by atoms with van der Waals surface area (Å²) in [5, 5.41) is 0. The summed E-state index contributed by atoms with van der Waals surface area (Å²) in [6, 6.07) is 10.7. The van der Waals surface area contributed by atoms with Crippen LogP contribution in [0.2, 0.25) is 0 Å². The van der Waals surface area contributed by atoms with Crippen molar-refractivity contribution >= 4 is 31.6 Å². The highest BCUT2D eigenvalue weighted by molar-refractivity contribution is 7.89. The molecule has 0 unspecified atom stereocenters. The van der Waals surface area contributed by atoms with Crippen molar-refractivity contribution in [1.82, 2.24) is 9.03 Å². The molecule has 1 aliphatic heterocycles. The van der Waals surface area contributed by atoms with Crippen molar-refractivity contribution in [2.24, 2.45) is 0 Å². The molecule has 0 radical (unpaired) electrons. The number of fused-ring (bicyclic) bond motifs is 1. The molecule has 1 N–H and O–H groups in total. The maximum absolute atomic E-state index is 13.1. The summed E-state index contributed by atoms with van der Waals surface area (Å²) in [5.41, 5.74) is 1.86. The van der Waals surface area contributed by atoms with Crippen molar-refractivity contribution in [3.05, 3.63) is 53.6 Å². The number of anilines is 1. The van der Waals surface area contributed by atoms with Gasteiger partial charge in [0.2, 0.25) is 20.0 Å². The van der Waals surface area contributed by atoms with Gasteiger partial charge < -0.3 is 4.90 Å². The van der Waals surface area contributed by atoms with Gasteiger partial charge in [-0.2, -0.15) is 0 Å².